The highest BCUT2D eigenvalue weighted by Gasteiger charge is 2.36. The van der Waals surface area contributed by atoms with Crippen molar-refractivity contribution in [2.45, 2.75) is 96.4 Å². The van der Waals surface area contributed by atoms with Crippen LogP contribution in [0.2, 0.25) is 0 Å². The van der Waals surface area contributed by atoms with Gasteiger partial charge in [0.15, 0.2) is 0 Å². The maximum atomic E-state index is 13.8. The highest BCUT2D eigenvalue weighted by molar-refractivity contribution is 5.93. The van der Waals surface area contributed by atoms with Crippen LogP contribution in [0.1, 0.15) is 71.3 Å². The molecule has 0 unspecified atom stereocenters. The van der Waals surface area contributed by atoms with Crippen LogP contribution in [-0.2, 0) is 35.1 Å². The average Bonchev–Trinajstić information content (AvgIpc) is 2.99. The van der Waals surface area contributed by atoms with E-state index in [0.29, 0.717) is 38.0 Å². The molecule has 11 heteroatoms. The number of aromatic hydroxyl groups is 1. The van der Waals surface area contributed by atoms with Crippen molar-refractivity contribution in [2.24, 2.45) is 11.8 Å². The summed E-state index contributed by atoms with van der Waals surface area (Å²) in [6.07, 6.45) is 8.84. The number of rotatable bonds is 4. The molecule has 0 radical (unpaired) electrons. The predicted octanol–water partition coefficient (Wildman–Crippen LogP) is 2.77. The number of carbonyl (C=O) groups is 4. The Morgan fingerprint density at radius 2 is 1.79 bits per heavy atom. The average molecular weight is 601 g/mol. The number of phenolic OH excluding ortho intramolecular Hbond substituents is 1. The monoisotopic (exact) mass is 600 g/mol. The van der Waals surface area contributed by atoms with E-state index in [4.69, 9.17) is 9.47 Å². The van der Waals surface area contributed by atoms with E-state index >= 15 is 0 Å². The van der Waals surface area contributed by atoms with E-state index in [2.05, 4.69) is 28.2 Å². The molecule has 1 saturated heterocycles. The third kappa shape index (κ3) is 10.4. The molecule has 2 bridgehead atoms. The largest absolute Gasteiger partial charge is 0.508 e. The number of fused-ring (bicyclic) bond motifs is 2. The summed E-state index contributed by atoms with van der Waals surface area (Å²) in [5.41, 5.74) is 3.65. The molecule has 3 amide bonds. The van der Waals surface area contributed by atoms with E-state index in [0.717, 1.165) is 25.7 Å². The van der Waals surface area contributed by atoms with Gasteiger partial charge in [-0.3, -0.25) is 24.2 Å². The smallest absolute Gasteiger partial charge is 0.324 e. The lowest BCUT2D eigenvalue weighted by Crippen LogP contribution is -2.62. The molecule has 238 valence electrons. The number of benzene rings is 1. The number of carbonyl (C=O) groups excluding carboxylic acids is 4. The number of hydrazine groups is 1. The van der Waals surface area contributed by atoms with Crippen molar-refractivity contribution in [1.82, 2.24) is 21.1 Å². The first kappa shape index (κ1) is 34.1. The number of cyclic esters (lactones) is 1. The summed E-state index contributed by atoms with van der Waals surface area (Å²) in [5.74, 6) is -2.37. The van der Waals surface area contributed by atoms with E-state index < -0.39 is 41.8 Å². The zero-order valence-electron chi connectivity index (χ0n) is 25.8. The Balaban J connectivity index is 1.88. The Morgan fingerprint density at radius 3 is 2.51 bits per heavy atom. The number of allylic oxidation sites excluding steroid dienone is 2. The fraction of sp³-hybridized carbons (Fsp3) is 0.625. The van der Waals surface area contributed by atoms with Gasteiger partial charge in [-0.1, -0.05) is 45.1 Å². The quantitative estimate of drug-likeness (QED) is 0.305. The Labute approximate surface area is 254 Å². The highest BCUT2D eigenvalue weighted by Crippen LogP contribution is 2.18. The zero-order valence-corrected chi connectivity index (χ0v) is 25.8. The molecule has 43 heavy (non-hydrogen) atoms. The summed E-state index contributed by atoms with van der Waals surface area (Å²) in [7, 11) is 1.58. The maximum Gasteiger partial charge on any atom is 0.324 e. The third-order valence-corrected chi connectivity index (χ3v) is 8.02. The van der Waals surface area contributed by atoms with E-state index in [1.165, 1.54) is 17.1 Å². The number of nitrogens with zero attached hydrogens (tertiary/aromatic N) is 1. The Morgan fingerprint density at radius 1 is 1.02 bits per heavy atom. The molecule has 0 saturated carbocycles. The van der Waals surface area contributed by atoms with Crippen molar-refractivity contribution in [2.75, 3.05) is 20.3 Å². The van der Waals surface area contributed by atoms with Crippen molar-refractivity contribution in [3.05, 3.63) is 42.0 Å². The normalized spacial score (nSPS) is 28.2. The fourth-order valence-electron chi connectivity index (χ4n) is 5.38. The van der Waals surface area contributed by atoms with Crippen molar-refractivity contribution >= 4 is 23.7 Å². The molecule has 2 heterocycles. The van der Waals surface area contributed by atoms with Gasteiger partial charge in [0, 0.05) is 20.1 Å². The minimum atomic E-state index is -1.02. The molecule has 5 atom stereocenters. The van der Waals surface area contributed by atoms with Gasteiger partial charge >= 0.3 is 5.97 Å². The van der Waals surface area contributed by atoms with Crippen molar-refractivity contribution in [3.63, 3.8) is 0 Å². The van der Waals surface area contributed by atoms with Crippen molar-refractivity contribution in [1.29, 1.82) is 0 Å². The first-order valence-corrected chi connectivity index (χ1v) is 15.4. The van der Waals surface area contributed by atoms with Gasteiger partial charge < -0.3 is 25.2 Å². The number of phenols is 1. The van der Waals surface area contributed by atoms with E-state index in [1.54, 1.807) is 26.2 Å². The van der Waals surface area contributed by atoms with Crippen LogP contribution in [0.4, 0.5) is 0 Å². The molecule has 3 rings (SSSR count). The summed E-state index contributed by atoms with van der Waals surface area (Å²) >= 11 is 0. The van der Waals surface area contributed by atoms with Gasteiger partial charge in [0.05, 0.1) is 18.6 Å². The molecule has 1 aromatic carbocycles. The lowest BCUT2D eigenvalue weighted by molar-refractivity contribution is -0.153. The number of nitrogens with one attached hydrogen (secondary N) is 3. The van der Waals surface area contributed by atoms with Gasteiger partial charge in [-0.2, -0.15) is 0 Å². The van der Waals surface area contributed by atoms with Crippen LogP contribution in [0.15, 0.2) is 36.4 Å². The van der Waals surface area contributed by atoms with E-state index in [1.807, 2.05) is 13.8 Å². The topological polar surface area (TPSA) is 146 Å². The van der Waals surface area contributed by atoms with Crippen LogP contribution < -0.4 is 16.1 Å². The van der Waals surface area contributed by atoms with E-state index in [-0.39, 0.29) is 30.1 Å². The lowest BCUT2D eigenvalue weighted by atomic mass is 9.96. The lowest BCUT2D eigenvalue weighted by Gasteiger charge is -2.35. The second-order valence-electron chi connectivity index (χ2n) is 11.8. The molecule has 0 aromatic heterocycles. The number of ether oxygens (including phenoxy) is 2. The molecule has 11 nitrogen and oxygen atoms in total. The van der Waals surface area contributed by atoms with Gasteiger partial charge in [0.25, 0.3) is 5.91 Å². The second kappa shape index (κ2) is 17.0. The van der Waals surface area contributed by atoms with Crippen molar-refractivity contribution < 1.29 is 33.8 Å². The van der Waals surface area contributed by atoms with Crippen LogP contribution in [0, 0.1) is 11.8 Å². The zero-order chi connectivity index (χ0) is 31.4. The third-order valence-electron chi connectivity index (χ3n) is 8.02. The van der Waals surface area contributed by atoms with Gasteiger partial charge in [-0.15, -0.1) is 0 Å². The maximum absolute atomic E-state index is 13.8. The van der Waals surface area contributed by atoms with Crippen LogP contribution >= 0.6 is 0 Å². The minimum absolute atomic E-state index is 0.0399. The van der Waals surface area contributed by atoms with Crippen LogP contribution in [0.25, 0.3) is 0 Å². The molecule has 1 aromatic rings. The minimum Gasteiger partial charge on any atom is -0.508 e. The standard InChI is InChI=1S/C32H48N4O7/c1-21(2)28-30(39)33-26(20-23-13-11-14-24(37)19-23)31(40)36-17-12-15-25(35-36)32(41)43-18-10-8-6-5-7-9-16-27(42-4)22(3)29(38)34-28/h5,7,11,13-14,19,21-22,25-28,35,37H,6,8-10,12,15-18,20H2,1-4H3,(H,33,39)(H,34,38)/b7-5-/t22-,25+,26+,27-,28+/m1/s1. The van der Waals surface area contributed by atoms with Crippen LogP contribution in [0.3, 0.4) is 0 Å². The number of methoxy groups -OCH3 is 1. The van der Waals surface area contributed by atoms with Gasteiger partial charge in [0.1, 0.15) is 23.9 Å². The first-order valence-electron chi connectivity index (χ1n) is 15.4. The molecular formula is C32H48N4O7. The number of esters is 1. The second-order valence-corrected chi connectivity index (χ2v) is 11.8. The molecular weight excluding hydrogens is 552 g/mol. The molecule has 0 spiro atoms. The van der Waals surface area contributed by atoms with Crippen molar-refractivity contribution in [3.8, 4) is 5.75 Å². The van der Waals surface area contributed by atoms with Crippen LogP contribution in [-0.4, -0.2) is 78.3 Å². The number of hydrogen-bond acceptors (Lipinski definition) is 8. The molecule has 1 fully saturated rings. The molecule has 2 aliphatic rings. The summed E-state index contributed by atoms with van der Waals surface area (Å²) in [4.78, 5) is 53.6. The van der Waals surface area contributed by atoms with Gasteiger partial charge in [-0.25, -0.2) is 5.43 Å². The Kier molecular flexibility index (Phi) is 13.5. The molecule has 4 N–H and O–H groups in total. The number of hydrogen-bond donors (Lipinski definition) is 4. The van der Waals surface area contributed by atoms with Gasteiger partial charge in [0.2, 0.25) is 11.8 Å². The highest BCUT2D eigenvalue weighted by atomic mass is 16.5. The Bertz CT molecular complexity index is 1120. The summed E-state index contributed by atoms with van der Waals surface area (Å²) in [6.45, 7) is 6.08. The SMILES string of the molecule is CO[C@@H]1CC/C=C\CCCCOC(=O)[C@@H]2CCCN(N2)C(=O)[C@H](Cc2cccc(O)c2)NC(=O)[C@H](C(C)C)NC(=O)[C@@H]1C. The molecule has 0 aliphatic carbocycles. The fourth-order valence-corrected chi connectivity index (χ4v) is 5.38. The number of amides is 3. The summed E-state index contributed by atoms with van der Waals surface area (Å²) < 4.78 is 11.1. The predicted molar refractivity (Wildman–Crippen MR) is 162 cm³/mol. The first-order chi connectivity index (χ1) is 20.6. The molecule has 2 aliphatic heterocycles. The summed E-state index contributed by atoms with van der Waals surface area (Å²) in [6, 6.07) is 3.89. The van der Waals surface area contributed by atoms with E-state index in [9.17, 15) is 24.3 Å². The Hall–Kier alpha value is -3.44. The summed E-state index contributed by atoms with van der Waals surface area (Å²) in [5, 5.41) is 17.1. The van der Waals surface area contributed by atoms with Gasteiger partial charge in [-0.05, 0) is 68.6 Å². The van der Waals surface area contributed by atoms with Crippen LogP contribution in [0.5, 0.6) is 5.75 Å².